The Hall–Kier alpha value is -1.78. The Morgan fingerprint density at radius 3 is 2.57 bits per heavy atom. The zero-order valence-corrected chi connectivity index (χ0v) is 19.0. The molecule has 2 aliphatic carbocycles. The highest BCUT2D eigenvalue weighted by atomic mass is 16.5. The fraction of sp³-hybridized carbons (Fsp3) is 0.615. The Kier molecular flexibility index (Phi) is 6.69. The Bertz CT molecular complexity index is 830. The van der Waals surface area contributed by atoms with Gasteiger partial charge in [-0.1, -0.05) is 31.6 Å². The summed E-state index contributed by atoms with van der Waals surface area (Å²) in [5, 5.41) is 11.0. The van der Waals surface area contributed by atoms with Gasteiger partial charge in [-0.05, 0) is 94.4 Å². The molecule has 0 saturated heterocycles. The SMILES string of the molecule is CC1=CCCC(C)(CCC2(C)C(C)=CCCC2C)OC1C(O)C1=CC(=O)C=CC1=O. The van der Waals surface area contributed by atoms with Gasteiger partial charge in [-0.15, -0.1) is 0 Å². The lowest BCUT2D eigenvalue weighted by Crippen LogP contribution is -2.42. The third-order valence-corrected chi connectivity index (χ3v) is 7.80. The fourth-order valence-corrected chi connectivity index (χ4v) is 5.06. The molecular formula is C26H36O4. The minimum atomic E-state index is -1.15. The molecule has 0 aromatic carbocycles. The highest BCUT2D eigenvalue weighted by molar-refractivity contribution is 6.17. The van der Waals surface area contributed by atoms with E-state index in [-0.39, 0.29) is 22.6 Å². The number of carbonyl (C=O) groups excluding carboxylic acids is 2. The lowest BCUT2D eigenvalue weighted by Gasteiger charge is -2.43. The van der Waals surface area contributed by atoms with Crippen LogP contribution in [0.5, 0.6) is 0 Å². The smallest absolute Gasteiger partial charge is 0.184 e. The van der Waals surface area contributed by atoms with Crippen molar-refractivity contribution in [3.63, 3.8) is 0 Å². The van der Waals surface area contributed by atoms with Crippen molar-refractivity contribution in [1.82, 2.24) is 0 Å². The summed E-state index contributed by atoms with van der Waals surface area (Å²) in [4.78, 5) is 24.0. The second-order valence-electron chi connectivity index (χ2n) is 9.90. The van der Waals surface area contributed by atoms with Gasteiger partial charge in [-0.25, -0.2) is 0 Å². The van der Waals surface area contributed by atoms with Crippen LogP contribution in [-0.4, -0.2) is 34.5 Å². The fourth-order valence-electron chi connectivity index (χ4n) is 5.06. The van der Waals surface area contributed by atoms with Gasteiger partial charge in [0.15, 0.2) is 11.6 Å². The van der Waals surface area contributed by atoms with Crippen LogP contribution in [0.25, 0.3) is 0 Å². The average Bonchev–Trinajstić information content (AvgIpc) is 2.85. The molecule has 4 heteroatoms. The first kappa shape index (κ1) is 22.9. The second-order valence-corrected chi connectivity index (χ2v) is 9.90. The van der Waals surface area contributed by atoms with Crippen molar-refractivity contribution in [1.29, 1.82) is 0 Å². The van der Waals surface area contributed by atoms with Crippen LogP contribution in [0.1, 0.15) is 73.1 Å². The number of aliphatic hydroxyl groups is 1. The third-order valence-electron chi connectivity index (χ3n) is 7.80. The van der Waals surface area contributed by atoms with Crippen LogP contribution in [-0.2, 0) is 14.3 Å². The molecule has 4 nitrogen and oxygen atoms in total. The zero-order valence-electron chi connectivity index (χ0n) is 19.0. The lowest BCUT2D eigenvalue weighted by atomic mass is 9.64. The van der Waals surface area contributed by atoms with Gasteiger partial charge in [0.1, 0.15) is 12.2 Å². The summed E-state index contributed by atoms with van der Waals surface area (Å²) in [7, 11) is 0. The molecule has 1 aliphatic heterocycles. The van der Waals surface area contributed by atoms with Gasteiger partial charge in [0.2, 0.25) is 0 Å². The van der Waals surface area contributed by atoms with Crippen molar-refractivity contribution < 1.29 is 19.4 Å². The first-order valence-corrected chi connectivity index (χ1v) is 11.2. The van der Waals surface area contributed by atoms with Crippen molar-refractivity contribution >= 4 is 11.6 Å². The van der Waals surface area contributed by atoms with Crippen molar-refractivity contribution in [3.8, 4) is 0 Å². The van der Waals surface area contributed by atoms with E-state index in [9.17, 15) is 14.7 Å². The van der Waals surface area contributed by atoms with E-state index in [4.69, 9.17) is 4.74 Å². The molecule has 5 unspecified atom stereocenters. The monoisotopic (exact) mass is 412 g/mol. The van der Waals surface area contributed by atoms with Crippen LogP contribution in [0.2, 0.25) is 0 Å². The maximum absolute atomic E-state index is 12.3. The van der Waals surface area contributed by atoms with Crippen molar-refractivity contribution in [3.05, 3.63) is 47.1 Å². The van der Waals surface area contributed by atoms with Gasteiger partial charge in [0.05, 0.1) is 5.60 Å². The van der Waals surface area contributed by atoms with Crippen LogP contribution in [0.15, 0.2) is 47.1 Å². The van der Waals surface area contributed by atoms with E-state index < -0.39 is 17.8 Å². The Morgan fingerprint density at radius 1 is 1.13 bits per heavy atom. The number of carbonyl (C=O) groups is 2. The number of aliphatic hydroxyl groups excluding tert-OH is 1. The van der Waals surface area contributed by atoms with Gasteiger partial charge < -0.3 is 9.84 Å². The topological polar surface area (TPSA) is 63.6 Å². The van der Waals surface area contributed by atoms with E-state index >= 15 is 0 Å². The highest BCUT2D eigenvalue weighted by Gasteiger charge is 2.41. The molecule has 0 spiro atoms. The van der Waals surface area contributed by atoms with Crippen LogP contribution in [0.4, 0.5) is 0 Å². The van der Waals surface area contributed by atoms with E-state index in [2.05, 4.69) is 39.8 Å². The normalized spacial score (nSPS) is 36.0. The first-order chi connectivity index (χ1) is 14.1. The predicted octanol–water partition coefficient (Wildman–Crippen LogP) is 5.03. The number of allylic oxidation sites excluding steroid dienone is 6. The number of ketones is 2. The minimum absolute atomic E-state index is 0.121. The molecular weight excluding hydrogens is 376 g/mol. The average molecular weight is 413 g/mol. The molecule has 5 atom stereocenters. The molecule has 0 bridgehead atoms. The maximum Gasteiger partial charge on any atom is 0.184 e. The molecule has 1 heterocycles. The van der Waals surface area contributed by atoms with Crippen molar-refractivity contribution in [2.75, 3.05) is 0 Å². The molecule has 3 aliphatic rings. The summed E-state index contributed by atoms with van der Waals surface area (Å²) in [6.07, 6.45) is 12.4. The molecule has 0 saturated carbocycles. The summed E-state index contributed by atoms with van der Waals surface area (Å²) in [5.41, 5.74) is 2.25. The molecule has 0 amide bonds. The van der Waals surface area contributed by atoms with Gasteiger partial charge in [0, 0.05) is 5.57 Å². The Morgan fingerprint density at radius 2 is 1.87 bits per heavy atom. The number of rotatable bonds is 5. The van der Waals surface area contributed by atoms with Crippen LogP contribution >= 0.6 is 0 Å². The first-order valence-electron chi connectivity index (χ1n) is 11.2. The molecule has 164 valence electrons. The molecule has 0 radical (unpaired) electrons. The van der Waals surface area contributed by atoms with Crippen LogP contribution in [0, 0.1) is 11.3 Å². The van der Waals surface area contributed by atoms with E-state index in [1.54, 1.807) is 0 Å². The van der Waals surface area contributed by atoms with Crippen LogP contribution in [0.3, 0.4) is 0 Å². The van der Waals surface area contributed by atoms with Gasteiger partial charge >= 0.3 is 0 Å². The molecule has 30 heavy (non-hydrogen) atoms. The minimum Gasteiger partial charge on any atom is -0.385 e. The van der Waals surface area contributed by atoms with Crippen molar-refractivity contribution in [2.24, 2.45) is 11.3 Å². The molecule has 0 fully saturated rings. The van der Waals surface area contributed by atoms with Crippen LogP contribution < -0.4 is 0 Å². The van der Waals surface area contributed by atoms with E-state index in [0.29, 0.717) is 5.92 Å². The predicted molar refractivity (Wildman–Crippen MR) is 119 cm³/mol. The summed E-state index contributed by atoms with van der Waals surface area (Å²) >= 11 is 0. The number of hydrogen-bond acceptors (Lipinski definition) is 4. The molecule has 3 rings (SSSR count). The quantitative estimate of drug-likeness (QED) is 0.508. The second kappa shape index (κ2) is 8.76. The van der Waals surface area contributed by atoms with Gasteiger partial charge in [-0.2, -0.15) is 0 Å². The van der Waals surface area contributed by atoms with E-state index in [1.165, 1.54) is 30.2 Å². The lowest BCUT2D eigenvalue weighted by molar-refractivity contribution is -0.123. The van der Waals surface area contributed by atoms with E-state index in [1.807, 2.05) is 6.92 Å². The molecule has 0 aromatic rings. The van der Waals surface area contributed by atoms with E-state index in [0.717, 1.165) is 37.7 Å². The Balaban J connectivity index is 1.78. The summed E-state index contributed by atoms with van der Waals surface area (Å²) in [6.45, 7) is 11.0. The molecule has 1 N–H and O–H groups in total. The summed E-state index contributed by atoms with van der Waals surface area (Å²) < 4.78 is 6.55. The van der Waals surface area contributed by atoms with Crippen molar-refractivity contribution in [2.45, 2.75) is 91.0 Å². The van der Waals surface area contributed by atoms with Gasteiger partial charge in [0.25, 0.3) is 0 Å². The summed E-state index contributed by atoms with van der Waals surface area (Å²) in [5.74, 6) is 0.0258. The Labute approximate surface area is 180 Å². The molecule has 0 aromatic heterocycles. The highest BCUT2D eigenvalue weighted by Crippen LogP contribution is 2.47. The maximum atomic E-state index is 12.3. The third kappa shape index (κ3) is 4.60. The summed E-state index contributed by atoms with van der Waals surface area (Å²) in [6, 6.07) is 0. The largest absolute Gasteiger partial charge is 0.385 e. The zero-order chi connectivity index (χ0) is 22.1. The number of ether oxygens (including phenoxy) is 1. The van der Waals surface area contributed by atoms with Gasteiger partial charge in [-0.3, -0.25) is 9.59 Å². The number of hydrogen-bond donors (Lipinski definition) is 1. The standard InChI is InChI=1S/C26H36O4/c1-17-8-7-13-25(4,14-15-26(5)18(2)9-6-10-19(26)3)30-24(17)23(29)21-16-20(27)11-12-22(21)28/h8-9,11-12,16,19,23-24,29H,6-7,10,13-15H2,1-5H3.